The number of rotatable bonds is 6. The van der Waals surface area contributed by atoms with Crippen LogP contribution in [-0.4, -0.2) is 90.9 Å². The van der Waals surface area contributed by atoms with E-state index in [1.807, 2.05) is 0 Å². The monoisotopic (exact) mass is 588 g/mol. The van der Waals surface area contributed by atoms with Crippen molar-refractivity contribution in [1.82, 2.24) is 0 Å². The Labute approximate surface area is 241 Å². The minimum atomic E-state index is -2.11. The predicted molar refractivity (Wildman–Crippen MR) is 143 cm³/mol. The zero-order valence-corrected chi connectivity index (χ0v) is 23.8. The molecular weight excluding hydrogens is 555 g/mol. The second-order valence-electron chi connectivity index (χ2n) is 11.0. The molecule has 0 amide bonds. The Morgan fingerprint density at radius 2 is 1.69 bits per heavy atom. The number of hydrogen-bond donors (Lipinski definition) is 3. The number of carbonyl (C=O) groups is 3. The molecule has 1 fully saturated rings. The fraction of sp³-hybridized carbons (Fsp3) is 0.500. The molecule has 226 valence electrons. The van der Waals surface area contributed by atoms with Gasteiger partial charge in [0.25, 0.3) is 0 Å². The van der Waals surface area contributed by atoms with Crippen molar-refractivity contribution in [3.8, 4) is 17.2 Å². The highest BCUT2D eigenvalue weighted by atomic mass is 19.1. The molecule has 3 N–H and O–H groups in total. The summed E-state index contributed by atoms with van der Waals surface area (Å²) in [6.07, 6.45) is -7.72. The van der Waals surface area contributed by atoms with Gasteiger partial charge in [0.05, 0.1) is 42.6 Å². The summed E-state index contributed by atoms with van der Waals surface area (Å²) in [6.45, 7) is 2.93. The number of fused-ring (bicyclic) bond motifs is 3. The van der Waals surface area contributed by atoms with Crippen molar-refractivity contribution in [2.24, 2.45) is 5.92 Å². The molecular formula is C30H33FO11. The van der Waals surface area contributed by atoms with Gasteiger partial charge in [0, 0.05) is 49.7 Å². The average Bonchev–Trinajstić information content (AvgIpc) is 3.07. The molecule has 2 aromatic rings. The Hall–Kier alpha value is -3.42. The second kappa shape index (κ2) is 11.0. The lowest BCUT2D eigenvalue weighted by Crippen LogP contribution is -2.48. The molecule has 3 aliphatic rings. The van der Waals surface area contributed by atoms with Crippen molar-refractivity contribution in [1.29, 1.82) is 0 Å². The number of methoxy groups -OCH3 is 3. The molecule has 7 atom stereocenters. The molecule has 0 aromatic heterocycles. The van der Waals surface area contributed by atoms with Crippen LogP contribution in [0.25, 0.3) is 0 Å². The summed E-state index contributed by atoms with van der Waals surface area (Å²) in [5, 5.41) is 34.3. The van der Waals surface area contributed by atoms with E-state index in [1.54, 1.807) is 6.92 Å². The molecule has 1 aliphatic heterocycles. The van der Waals surface area contributed by atoms with E-state index in [2.05, 4.69) is 0 Å². The smallest absolute Gasteiger partial charge is 0.202 e. The summed E-state index contributed by atoms with van der Waals surface area (Å²) in [4.78, 5) is 39.9. The van der Waals surface area contributed by atoms with Crippen LogP contribution >= 0.6 is 0 Å². The van der Waals surface area contributed by atoms with Gasteiger partial charge in [-0.15, -0.1) is 0 Å². The van der Waals surface area contributed by atoms with Gasteiger partial charge in [0.2, 0.25) is 5.78 Å². The van der Waals surface area contributed by atoms with Gasteiger partial charge in [0.1, 0.15) is 29.0 Å². The summed E-state index contributed by atoms with van der Waals surface area (Å²) >= 11 is 0. The zero-order chi connectivity index (χ0) is 30.7. The molecule has 0 spiro atoms. The van der Waals surface area contributed by atoms with Gasteiger partial charge in [-0.3, -0.25) is 14.4 Å². The van der Waals surface area contributed by atoms with Gasteiger partial charge in [0.15, 0.2) is 24.0 Å². The van der Waals surface area contributed by atoms with Gasteiger partial charge in [-0.25, -0.2) is 4.39 Å². The van der Waals surface area contributed by atoms with Crippen LogP contribution < -0.4 is 4.74 Å². The van der Waals surface area contributed by atoms with Crippen molar-refractivity contribution in [2.75, 3.05) is 27.9 Å². The molecule has 12 heteroatoms. The van der Waals surface area contributed by atoms with E-state index in [1.165, 1.54) is 39.5 Å². The summed E-state index contributed by atoms with van der Waals surface area (Å²) in [7, 11) is 4.05. The van der Waals surface area contributed by atoms with Crippen LogP contribution in [-0.2, 0) is 30.2 Å². The molecule has 1 saturated heterocycles. The van der Waals surface area contributed by atoms with E-state index in [0.717, 1.165) is 6.92 Å². The molecule has 11 nitrogen and oxygen atoms in total. The normalized spacial score (nSPS) is 30.6. The summed E-state index contributed by atoms with van der Waals surface area (Å²) < 4.78 is 43.7. The fourth-order valence-electron chi connectivity index (χ4n) is 6.30. The fourth-order valence-corrected chi connectivity index (χ4v) is 6.30. The SMILES string of the molecule is COc1cccc2c1C(=O)c1c(O)c3c(c(O)c1C2=O)C[C@@](O)(C(C)=O)C[C@@H]3OC1OCC(C)C(OC)C(OC)C1F. The maximum atomic E-state index is 15.9. The lowest BCUT2D eigenvalue weighted by molar-refractivity contribution is -0.224. The quantitative estimate of drug-likeness (QED) is 0.364. The highest BCUT2D eigenvalue weighted by molar-refractivity contribution is 6.31. The molecule has 42 heavy (non-hydrogen) atoms. The average molecular weight is 589 g/mol. The van der Waals surface area contributed by atoms with Crippen LogP contribution in [0.4, 0.5) is 4.39 Å². The maximum absolute atomic E-state index is 15.9. The van der Waals surface area contributed by atoms with E-state index in [9.17, 15) is 29.7 Å². The summed E-state index contributed by atoms with van der Waals surface area (Å²) in [6, 6.07) is 4.37. The predicted octanol–water partition coefficient (Wildman–Crippen LogP) is 2.57. The van der Waals surface area contributed by atoms with E-state index in [-0.39, 0.29) is 40.5 Å². The molecule has 0 radical (unpaired) electrons. The molecule has 1 heterocycles. The third-order valence-electron chi connectivity index (χ3n) is 8.56. The number of ether oxygens (including phenoxy) is 5. The van der Waals surface area contributed by atoms with Gasteiger partial charge < -0.3 is 39.0 Å². The number of phenolic OH excluding ortho intramolecular Hbond substituents is 2. The highest BCUT2D eigenvalue weighted by Crippen LogP contribution is 2.52. The van der Waals surface area contributed by atoms with Crippen LogP contribution in [0.3, 0.4) is 0 Å². The van der Waals surface area contributed by atoms with Crippen molar-refractivity contribution in [3.63, 3.8) is 0 Å². The second-order valence-corrected chi connectivity index (χ2v) is 11.0. The lowest BCUT2D eigenvalue weighted by atomic mass is 9.72. The Bertz CT molecular complexity index is 1460. The van der Waals surface area contributed by atoms with Crippen molar-refractivity contribution < 1.29 is 57.8 Å². The van der Waals surface area contributed by atoms with E-state index in [4.69, 9.17) is 23.7 Å². The Morgan fingerprint density at radius 1 is 1.02 bits per heavy atom. The first-order chi connectivity index (χ1) is 19.9. The minimum Gasteiger partial charge on any atom is -0.507 e. The topological polar surface area (TPSA) is 158 Å². The highest BCUT2D eigenvalue weighted by Gasteiger charge is 2.51. The number of aromatic hydroxyl groups is 2. The summed E-state index contributed by atoms with van der Waals surface area (Å²) in [5.74, 6) is -3.84. The number of benzene rings is 2. The third kappa shape index (κ3) is 4.49. The first-order valence-corrected chi connectivity index (χ1v) is 13.5. The minimum absolute atomic E-state index is 0.00495. The number of Topliss-reactive ketones (excluding diaryl/α,β-unsaturated/α-hetero) is 1. The number of carbonyl (C=O) groups excluding carboxylic acids is 3. The number of halogens is 1. The summed E-state index contributed by atoms with van der Waals surface area (Å²) in [5.41, 5.74) is -3.57. The van der Waals surface area contributed by atoms with Crippen LogP contribution in [0.2, 0.25) is 0 Å². The Balaban J connectivity index is 1.67. The van der Waals surface area contributed by atoms with E-state index >= 15 is 4.39 Å². The first-order valence-electron chi connectivity index (χ1n) is 13.5. The van der Waals surface area contributed by atoms with Crippen molar-refractivity contribution in [3.05, 3.63) is 51.6 Å². The van der Waals surface area contributed by atoms with Crippen LogP contribution in [0.15, 0.2) is 18.2 Å². The molecule has 2 aromatic carbocycles. The van der Waals surface area contributed by atoms with E-state index < -0.39 is 89.2 Å². The van der Waals surface area contributed by atoms with Gasteiger partial charge in [-0.2, -0.15) is 0 Å². The van der Waals surface area contributed by atoms with Gasteiger partial charge in [-0.1, -0.05) is 19.1 Å². The van der Waals surface area contributed by atoms with Crippen molar-refractivity contribution in [2.45, 2.75) is 63.1 Å². The van der Waals surface area contributed by atoms with Crippen molar-refractivity contribution >= 4 is 17.3 Å². The number of ketones is 3. The first kappa shape index (κ1) is 30.1. The van der Waals surface area contributed by atoms with Gasteiger partial charge in [-0.05, 0) is 13.0 Å². The third-order valence-corrected chi connectivity index (χ3v) is 8.56. The van der Waals surface area contributed by atoms with Gasteiger partial charge >= 0.3 is 0 Å². The molecule has 5 unspecified atom stereocenters. The van der Waals surface area contributed by atoms with Crippen LogP contribution in [0.1, 0.15) is 69.3 Å². The number of aliphatic hydroxyl groups is 1. The van der Waals surface area contributed by atoms with Crippen LogP contribution in [0, 0.1) is 5.92 Å². The molecule has 0 saturated carbocycles. The Kier molecular flexibility index (Phi) is 7.88. The molecule has 5 rings (SSSR count). The molecule has 2 aliphatic carbocycles. The number of phenols is 2. The Morgan fingerprint density at radius 3 is 2.31 bits per heavy atom. The zero-order valence-electron chi connectivity index (χ0n) is 23.8. The number of alkyl halides is 1. The maximum Gasteiger partial charge on any atom is 0.202 e. The molecule has 0 bridgehead atoms. The lowest BCUT2D eigenvalue weighted by Gasteiger charge is -2.40. The number of hydrogen-bond acceptors (Lipinski definition) is 11. The largest absolute Gasteiger partial charge is 0.507 e. The standard InChI is InChI=1S/C30H33FO11/c1-12-11-41-29(22(31)28(40-5)27(12)39-4)42-17-10-30(37,13(2)32)9-15-19(17)26(36)21-20(24(15)34)23(33)14-7-6-8-16(38-3)18(14)25(21)35/h6-8,12,17,22,27-29,34,36-37H,9-11H2,1-5H3/t12?,17-,22?,27?,28?,29?,30-/m0/s1. The van der Waals surface area contributed by atoms with E-state index in [0.29, 0.717) is 0 Å². The van der Waals surface area contributed by atoms with Crippen LogP contribution in [0.5, 0.6) is 17.2 Å².